The van der Waals surface area contributed by atoms with E-state index in [0.29, 0.717) is 12.8 Å². The monoisotopic (exact) mass is 364 g/mol. The van der Waals surface area contributed by atoms with Gasteiger partial charge in [0.1, 0.15) is 5.41 Å². The second kappa shape index (κ2) is 6.84. The second-order valence-electron chi connectivity index (χ2n) is 8.62. The third-order valence-corrected chi connectivity index (χ3v) is 5.39. The zero-order chi connectivity index (χ0) is 19.8. The fourth-order valence-electron chi connectivity index (χ4n) is 3.06. The van der Waals surface area contributed by atoms with Crippen LogP contribution in [0.5, 0.6) is 0 Å². The van der Waals surface area contributed by atoms with Gasteiger partial charge >= 0.3 is 0 Å². The molecule has 0 saturated heterocycles. The molecular formula is C23H28N2O2. The summed E-state index contributed by atoms with van der Waals surface area (Å²) in [6.45, 7) is 10.5. The molecule has 0 heterocycles. The van der Waals surface area contributed by atoms with E-state index in [1.165, 1.54) is 11.1 Å². The number of aryl methyl sites for hydroxylation is 2. The third-order valence-electron chi connectivity index (χ3n) is 5.39. The number of hydrogen-bond donors (Lipinski definition) is 2. The van der Waals surface area contributed by atoms with Crippen LogP contribution in [0.25, 0.3) is 0 Å². The van der Waals surface area contributed by atoms with Gasteiger partial charge in [0.05, 0.1) is 0 Å². The maximum atomic E-state index is 12.8. The van der Waals surface area contributed by atoms with E-state index in [9.17, 15) is 9.59 Å². The molecule has 2 aromatic rings. The van der Waals surface area contributed by atoms with Gasteiger partial charge in [0.15, 0.2) is 0 Å². The van der Waals surface area contributed by atoms with Gasteiger partial charge in [-0.15, -0.1) is 0 Å². The van der Waals surface area contributed by atoms with Crippen molar-refractivity contribution in [1.82, 2.24) is 0 Å². The lowest BCUT2D eigenvalue weighted by Gasteiger charge is -2.20. The standard InChI is InChI=1S/C23H28N2O2/c1-15-6-9-19(14-16(15)2)25-21(27)23(12-13-23)20(26)24-18-10-7-17(8-11-18)22(3,4)5/h6-11,14H,12-13H2,1-5H3,(H,24,26)(H,25,27). The van der Waals surface area contributed by atoms with Crippen LogP contribution in [-0.2, 0) is 15.0 Å². The fraction of sp³-hybridized carbons (Fsp3) is 0.391. The summed E-state index contributed by atoms with van der Waals surface area (Å²) in [5.74, 6) is -0.457. The maximum absolute atomic E-state index is 12.8. The lowest BCUT2D eigenvalue weighted by molar-refractivity contribution is -0.131. The van der Waals surface area contributed by atoms with Crippen molar-refractivity contribution in [2.45, 2.75) is 52.9 Å². The molecule has 0 spiro atoms. The number of nitrogens with one attached hydrogen (secondary N) is 2. The molecule has 2 aromatic carbocycles. The van der Waals surface area contributed by atoms with Crippen molar-refractivity contribution in [2.24, 2.45) is 5.41 Å². The van der Waals surface area contributed by atoms with Gasteiger partial charge in [0.2, 0.25) is 11.8 Å². The molecule has 1 saturated carbocycles. The summed E-state index contributed by atoms with van der Waals surface area (Å²) in [6, 6.07) is 13.6. The molecular weight excluding hydrogens is 336 g/mol. The molecule has 3 rings (SSSR count). The lowest BCUT2D eigenvalue weighted by atomic mass is 9.87. The van der Waals surface area contributed by atoms with Crippen LogP contribution in [0.1, 0.15) is 50.3 Å². The first-order valence-electron chi connectivity index (χ1n) is 9.42. The van der Waals surface area contributed by atoms with E-state index in [2.05, 4.69) is 31.4 Å². The zero-order valence-electron chi connectivity index (χ0n) is 16.8. The van der Waals surface area contributed by atoms with Gasteiger partial charge in [0, 0.05) is 11.4 Å². The Bertz CT molecular complexity index is 872. The summed E-state index contributed by atoms with van der Waals surface area (Å²) in [5, 5.41) is 5.82. The maximum Gasteiger partial charge on any atom is 0.240 e. The van der Waals surface area contributed by atoms with Gasteiger partial charge in [-0.05, 0) is 73.1 Å². The minimum Gasteiger partial charge on any atom is -0.325 e. The molecule has 0 radical (unpaired) electrons. The van der Waals surface area contributed by atoms with E-state index in [4.69, 9.17) is 0 Å². The molecule has 1 fully saturated rings. The predicted molar refractivity (Wildman–Crippen MR) is 110 cm³/mol. The van der Waals surface area contributed by atoms with Crippen LogP contribution in [0.15, 0.2) is 42.5 Å². The average molecular weight is 364 g/mol. The Morgan fingerprint density at radius 3 is 1.81 bits per heavy atom. The SMILES string of the molecule is Cc1ccc(NC(=O)C2(C(=O)Nc3ccc(C(C)(C)C)cc3)CC2)cc1C. The number of rotatable bonds is 4. The topological polar surface area (TPSA) is 58.2 Å². The van der Waals surface area contributed by atoms with Gasteiger partial charge in [-0.3, -0.25) is 9.59 Å². The normalized spacial score (nSPS) is 15.1. The highest BCUT2D eigenvalue weighted by atomic mass is 16.2. The smallest absolute Gasteiger partial charge is 0.240 e. The fourth-order valence-corrected chi connectivity index (χ4v) is 3.06. The van der Waals surface area contributed by atoms with Crippen molar-refractivity contribution < 1.29 is 9.59 Å². The molecule has 2 amide bonds. The first kappa shape index (κ1) is 19.2. The Morgan fingerprint density at radius 1 is 0.815 bits per heavy atom. The van der Waals surface area contributed by atoms with E-state index in [-0.39, 0.29) is 17.2 Å². The van der Waals surface area contributed by atoms with E-state index in [1.54, 1.807) is 0 Å². The molecule has 0 aromatic heterocycles. The Labute approximate surface area is 161 Å². The molecule has 0 bridgehead atoms. The molecule has 27 heavy (non-hydrogen) atoms. The zero-order valence-corrected chi connectivity index (χ0v) is 16.8. The van der Waals surface area contributed by atoms with Crippen LogP contribution >= 0.6 is 0 Å². The lowest BCUT2D eigenvalue weighted by Crippen LogP contribution is -2.35. The molecule has 1 aliphatic rings. The van der Waals surface area contributed by atoms with Crippen molar-refractivity contribution in [1.29, 1.82) is 0 Å². The van der Waals surface area contributed by atoms with Crippen LogP contribution in [0.3, 0.4) is 0 Å². The van der Waals surface area contributed by atoms with Gasteiger partial charge in [-0.2, -0.15) is 0 Å². The summed E-state index contributed by atoms with van der Waals surface area (Å²) < 4.78 is 0. The quantitative estimate of drug-likeness (QED) is 0.754. The molecule has 0 atom stereocenters. The summed E-state index contributed by atoms with van der Waals surface area (Å²) in [5.41, 5.74) is 4.05. The molecule has 0 unspecified atom stereocenters. The molecule has 4 nitrogen and oxygen atoms in total. The number of carbonyl (C=O) groups excluding carboxylic acids is 2. The van der Waals surface area contributed by atoms with Crippen molar-refractivity contribution >= 4 is 23.2 Å². The first-order valence-corrected chi connectivity index (χ1v) is 9.42. The van der Waals surface area contributed by atoms with E-state index < -0.39 is 5.41 Å². The summed E-state index contributed by atoms with van der Waals surface area (Å²) in [6.07, 6.45) is 1.16. The highest BCUT2D eigenvalue weighted by Crippen LogP contribution is 2.47. The minimum atomic E-state index is -0.957. The first-order chi connectivity index (χ1) is 12.6. The molecule has 4 heteroatoms. The van der Waals surface area contributed by atoms with Crippen molar-refractivity contribution in [3.8, 4) is 0 Å². The Hall–Kier alpha value is -2.62. The Morgan fingerprint density at radius 2 is 1.33 bits per heavy atom. The van der Waals surface area contributed by atoms with Gasteiger partial charge in [0.25, 0.3) is 0 Å². The number of hydrogen-bond acceptors (Lipinski definition) is 2. The van der Waals surface area contributed by atoms with Crippen LogP contribution in [0, 0.1) is 19.3 Å². The Kier molecular flexibility index (Phi) is 4.85. The third kappa shape index (κ3) is 4.05. The number of carbonyl (C=O) groups is 2. The Balaban J connectivity index is 1.68. The number of anilines is 2. The van der Waals surface area contributed by atoms with Crippen LogP contribution in [0.4, 0.5) is 11.4 Å². The van der Waals surface area contributed by atoms with E-state index in [0.717, 1.165) is 16.9 Å². The summed E-state index contributed by atoms with van der Waals surface area (Å²) in [4.78, 5) is 25.5. The highest BCUT2D eigenvalue weighted by molar-refractivity contribution is 6.16. The van der Waals surface area contributed by atoms with Crippen LogP contribution in [-0.4, -0.2) is 11.8 Å². The van der Waals surface area contributed by atoms with Gasteiger partial charge in [-0.1, -0.05) is 39.0 Å². The predicted octanol–water partition coefficient (Wildman–Crippen LogP) is 4.96. The molecule has 142 valence electrons. The average Bonchev–Trinajstić information content (AvgIpc) is 3.40. The van der Waals surface area contributed by atoms with Crippen LogP contribution < -0.4 is 10.6 Å². The van der Waals surface area contributed by atoms with Gasteiger partial charge in [-0.25, -0.2) is 0 Å². The molecule has 2 N–H and O–H groups in total. The summed E-state index contributed by atoms with van der Waals surface area (Å²) >= 11 is 0. The second-order valence-corrected chi connectivity index (χ2v) is 8.62. The molecule has 1 aliphatic carbocycles. The van der Waals surface area contributed by atoms with Crippen molar-refractivity contribution in [2.75, 3.05) is 10.6 Å². The largest absolute Gasteiger partial charge is 0.325 e. The van der Waals surface area contributed by atoms with E-state index >= 15 is 0 Å². The van der Waals surface area contributed by atoms with E-state index in [1.807, 2.05) is 56.3 Å². The summed E-state index contributed by atoms with van der Waals surface area (Å²) in [7, 11) is 0. The van der Waals surface area contributed by atoms with Gasteiger partial charge < -0.3 is 10.6 Å². The van der Waals surface area contributed by atoms with Crippen molar-refractivity contribution in [3.63, 3.8) is 0 Å². The number of amides is 2. The number of benzene rings is 2. The van der Waals surface area contributed by atoms with Crippen molar-refractivity contribution in [3.05, 3.63) is 59.2 Å². The van der Waals surface area contributed by atoms with Crippen LogP contribution in [0.2, 0.25) is 0 Å². The highest BCUT2D eigenvalue weighted by Gasteiger charge is 2.56. The minimum absolute atomic E-state index is 0.0618. The molecule has 0 aliphatic heterocycles.